The van der Waals surface area contributed by atoms with Crippen molar-refractivity contribution in [2.24, 2.45) is 0 Å². The molecule has 98 valence electrons. The molecule has 5 nitrogen and oxygen atoms in total. The summed E-state index contributed by atoms with van der Waals surface area (Å²) >= 11 is 0. The maximum atomic E-state index is 12.9. The van der Waals surface area contributed by atoms with E-state index in [2.05, 4.69) is 15.5 Å². The highest BCUT2D eigenvalue weighted by Gasteiger charge is 2.46. The first-order valence-electron chi connectivity index (χ1n) is 5.98. The molecular formula is C13H13FN4O. The summed E-state index contributed by atoms with van der Waals surface area (Å²) in [7, 11) is 0. The first-order valence-corrected chi connectivity index (χ1v) is 5.98. The Kier molecular flexibility index (Phi) is 2.51. The van der Waals surface area contributed by atoms with Crippen LogP contribution in [0.5, 0.6) is 0 Å². The Morgan fingerprint density at radius 3 is 2.58 bits per heavy atom. The van der Waals surface area contributed by atoms with Crippen molar-refractivity contribution in [3.05, 3.63) is 47.4 Å². The van der Waals surface area contributed by atoms with Crippen molar-refractivity contribution < 1.29 is 9.18 Å². The van der Waals surface area contributed by atoms with Gasteiger partial charge in [-0.1, -0.05) is 12.1 Å². The van der Waals surface area contributed by atoms with E-state index in [9.17, 15) is 9.18 Å². The molecule has 0 aliphatic heterocycles. The Morgan fingerprint density at radius 2 is 2.05 bits per heavy atom. The Labute approximate surface area is 109 Å². The molecule has 0 bridgehead atoms. The van der Waals surface area contributed by atoms with Gasteiger partial charge in [0, 0.05) is 0 Å². The first kappa shape index (κ1) is 11.7. The molecule has 4 N–H and O–H groups in total. The fourth-order valence-electron chi connectivity index (χ4n) is 2.14. The maximum absolute atomic E-state index is 12.9. The molecule has 1 amide bonds. The van der Waals surface area contributed by atoms with Gasteiger partial charge in [-0.15, -0.1) is 0 Å². The normalized spacial score (nSPS) is 16.1. The average molecular weight is 260 g/mol. The van der Waals surface area contributed by atoms with Gasteiger partial charge in [0.05, 0.1) is 11.7 Å². The van der Waals surface area contributed by atoms with E-state index in [-0.39, 0.29) is 17.5 Å². The molecule has 1 aliphatic rings. The lowest BCUT2D eigenvalue weighted by atomic mass is 10.0. The molecule has 1 aliphatic carbocycles. The SMILES string of the molecule is Nc1[nH]ncc1C(=O)NC1(c2ccc(F)cc2)CC1. The van der Waals surface area contributed by atoms with Crippen LogP contribution in [0.2, 0.25) is 0 Å². The Morgan fingerprint density at radius 1 is 1.37 bits per heavy atom. The van der Waals surface area contributed by atoms with Gasteiger partial charge in [-0.05, 0) is 30.5 Å². The van der Waals surface area contributed by atoms with Gasteiger partial charge < -0.3 is 11.1 Å². The second kappa shape index (κ2) is 4.08. The van der Waals surface area contributed by atoms with Crippen molar-refractivity contribution >= 4 is 11.7 Å². The Hall–Kier alpha value is -2.37. The minimum atomic E-state index is -0.394. The highest BCUT2D eigenvalue weighted by atomic mass is 19.1. The summed E-state index contributed by atoms with van der Waals surface area (Å²) in [6, 6.07) is 6.18. The summed E-state index contributed by atoms with van der Waals surface area (Å²) in [6.45, 7) is 0. The van der Waals surface area contributed by atoms with Gasteiger partial charge in [-0.2, -0.15) is 5.10 Å². The number of anilines is 1. The van der Waals surface area contributed by atoms with Gasteiger partial charge in [0.1, 0.15) is 17.2 Å². The van der Waals surface area contributed by atoms with E-state index in [1.54, 1.807) is 12.1 Å². The lowest BCUT2D eigenvalue weighted by molar-refractivity contribution is 0.0932. The summed E-state index contributed by atoms with van der Waals surface area (Å²) < 4.78 is 12.9. The van der Waals surface area contributed by atoms with Gasteiger partial charge >= 0.3 is 0 Å². The van der Waals surface area contributed by atoms with Gasteiger partial charge in [0.2, 0.25) is 0 Å². The van der Waals surface area contributed by atoms with E-state index in [0.29, 0.717) is 5.56 Å². The number of rotatable bonds is 3. The molecule has 2 aromatic rings. The summed E-state index contributed by atoms with van der Waals surface area (Å²) in [4.78, 5) is 12.1. The number of carbonyl (C=O) groups is 1. The number of carbonyl (C=O) groups excluding carboxylic acids is 1. The Bertz CT molecular complexity index is 616. The second-order valence-corrected chi connectivity index (χ2v) is 4.74. The number of H-pyrrole nitrogens is 1. The third-order valence-corrected chi connectivity index (χ3v) is 3.41. The maximum Gasteiger partial charge on any atom is 0.257 e. The molecule has 0 spiro atoms. The van der Waals surface area contributed by atoms with E-state index < -0.39 is 5.54 Å². The first-order chi connectivity index (χ1) is 9.11. The molecule has 0 saturated heterocycles. The van der Waals surface area contributed by atoms with Crippen LogP contribution in [0.15, 0.2) is 30.5 Å². The van der Waals surface area contributed by atoms with E-state index >= 15 is 0 Å². The van der Waals surface area contributed by atoms with Crippen LogP contribution in [0.3, 0.4) is 0 Å². The van der Waals surface area contributed by atoms with Crippen LogP contribution in [0.4, 0.5) is 10.2 Å². The molecule has 0 radical (unpaired) electrons. The molecule has 1 aromatic carbocycles. The van der Waals surface area contributed by atoms with Crippen LogP contribution in [-0.4, -0.2) is 16.1 Å². The zero-order valence-corrected chi connectivity index (χ0v) is 10.1. The minimum Gasteiger partial charge on any atom is -0.383 e. The zero-order valence-electron chi connectivity index (χ0n) is 10.1. The second-order valence-electron chi connectivity index (χ2n) is 4.74. The third-order valence-electron chi connectivity index (χ3n) is 3.41. The van der Waals surface area contributed by atoms with Gasteiger partial charge in [-0.25, -0.2) is 4.39 Å². The number of nitrogens with one attached hydrogen (secondary N) is 2. The molecular weight excluding hydrogens is 247 g/mol. The van der Waals surface area contributed by atoms with Crippen molar-refractivity contribution in [3.8, 4) is 0 Å². The largest absolute Gasteiger partial charge is 0.383 e. The van der Waals surface area contributed by atoms with Crippen molar-refractivity contribution in [3.63, 3.8) is 0 Å². The number of hydrogen-bond donors (Lipinski definition) is 3. The van der Waals surface area contributed by atoms with E-state index in [1.165, 1.54) is 18.3 Å². The highest BCUT2D eigenvalue weighted by Crippen LogP contribution is 2.45. The molecule has 0 unspecified atom stereocenters. The van der Waals surface area contributed by atoms with Crippen LogP contribution in [0, 0.1) is 5.82 Å². The van der Waals surface area contributed by atoms with Gasteiger partial charge in [0.25, 0.3) is 5.91 Å². The number of amides is 1. The fourth-order valence-corrected chi connectivity index (χ4v) is 2.14. The smallest absolute Gasteiger partial charge is 0.257 e. The number of aromatic amines is 1. The van der Waals surface area contributed by atoms with Gasteiger partial charge in [0.15, 0.2) is 0 Å². The summed E-state index contributed by atoms with van der Waals surface area (Å²) in [5.74, 6) is -0.314. The van der Waals surface area contributed by atoms with Crippen molar-refractivity contribution in [2.45, 2.75) is 18.4 Å². The van der Waals surface area contributed by atoms with E-state index in [4.69, 9.17) is 5.73 Å². The van der Waals surface area contributed by atoms with Gasteiger partial charge in [-0.3, -0.25) is 9.89 Å². The predicted molar refractivity (Wildman–Crippen MR) is 67.8 cm³/mol. The quantitative estimate of drug-likeness (QED) is 0.782. The average Bonchev–Trinajstić information content (AvgIpc) is 3.03. The van der Waals surface area contributed by atoms with E-state index in [1.807, 2.05) is 0 Å². The number of benzene rings is 1. The van der Waals surface area contributed by atoms with Crippen LogP contribution in [-0.2, 0) is 5.54 Å². The standard InChI is InChI=1S/C13H13FN4O/c14-9-3-1-8(2-4-9)13(5-6-13)17-12(19)10-7-16-18-11(10)15/h1-4,7H,5-6H2,(H,17,19)(H3,15,16,18). The molecule has 1 fully saturated rings. The predicted octanol–water partition coefficient (Wildman–Crippen LogP) is 1.55. The van der Waals surface area contributed by atoms with Crippen LogP contribution >= 0.6 is 0 Å². The molecule has 6 heteroatoms. The van der Waals surface area contributed by atoms with E-state index in [0.717, 1.165) is 18.4 Å². The number of hydrogen-bond acceptors (Lipinski definition) is 3. The molecule has 1 aromatic heterocycles. The van der Waals surface area contributed by atoms with Crippen LogP contribution < -0.4 is 11.1 Å². The lowest BCUT2D eigenvalue weighted by Gasteiger charge is -2.17. The molecule has 3 rings (SSSR count). The minimum absolute atomic E-state index is 0.243. The van der Waals surface area contributed by atoms with Crippen LogP contribution in [0.25, 0.3) is 0 Å². The van der Waals surface area contributed by atoms with Crippen molar-refractivity contribution in [1.82, 2.24) is 15.5 Å². The molecule has 19 heavy (non-hydrogen) atoms. The topological polar surface area (TPSA) is 83.8 Å². The van der Waals surface area contributed by atoms with Crippen molar-refractivity contribution in [1.29, 1.82) is 0 Å². The fraction of sp³-hybridized carbons (Fsp3) is 0.231. The number of aromatic nitrogens is 2. The molecule has 0 atom stereocenters. The third kappa shape index (κ3) is 2.05. The van der Waals surface area contributed by atoms with Crippen LogP contribution in [0.1, 0.15) is 28.8 Å². The monoisotopic (exact) mass is 260 g/mol. The number of nitrogens with two attached hydrogens (primary N) is 1. The number of nitrogens with zero attached hydrogens (tertiary/aromatic N) is 1. The summed E-state index contributed by atoms with van der Waals surface area (Å²) in [6.07, 6.45) is 3.07. The van der Waals surface area contributed by atoms with Crippen molar-refractivity contribution in [2.75, 3.05) is 5.73 Å². The molecule has 1 saturated carbocycles. The Balaban J connectivity index is 1.81. The lowest BCUT2D eigenvalue weighted by Crippen LogP contribution is -2.35. The number of nitrogen functional groups attached to an aromatic ring is 1. The zero-order chi connectivity index (χ0) is 13.5. The molecule has 1 heterocycles. The summed E-state index contributed by atoms with van der Waals surface area (Å²) in [5.41, 5.74) is 6.45. The number of halogens is 1. The highest BCUT2D eigenvalue weighted by molar-refractivity contribution is 5.98. The summed E-state index contributed by atoms with van der Waals surface area (Å²) in [5, 5.41) is 9.18.